The van der Waals surface area contributed by atoms with Crippen LogP contribution in [0.1, 0.15) is 16.7 Å². The van der Waals surface area contributed by atoms with Crippen molar-refractivity contribution in [2.75, 3.05) is 10.2 Å². The first-order valence-corrected chi connectivity index (χ1v) is 12.4. The average molecular weight is 522 g/mol. The fourth-order valence-corrected chi connectivity index (χ4v) is 5.33. The van der Waals surface area contributed by atoms with E-state index in [1.54, 1.807) is 42.5 Å². The number of amides is 2. The molecule has 8 heteroatoms. The van der Waals surface area contributed by atoms with Gasteiger partial charge in [-0.15, -0.1) is 0 Å². The Morgan fingerprint density at radius 1 is 1.03 bits per heavy atom. The molecule has 4 rings (SSSR count). The van der Waals surface area contributed by atoms with Crippen LogP contribution in [0.5, 0.6) is 0 Å². The van der Waals surface area contributed by atoms with E-state index in [0.717, 1.165) is 16.7 Å². The molecule has 3 aromatic carbocycles. The van der Waals surface area contributed by atoms with Gasteiger partial charge in [-0.05, 0) is 67.3 Å². The van der Waals surface area contributed by atoms with Crippen molar-refractivity contribution in [1.29, 1.82) is 5.26 Å². The Balaban J connectivity index is 1.71. The molecule has 0 aliphatic carbocycles. The number of aryl methyl sites for hydroxylation is 2. The predicted molar refractivity (Wildman–Crippen MR) is 143 cm³/mol. The van der Waals surface area contributed by atoms with Gasteiger partial charge >= 0.3 is 0 Å². The molecule has 1 aliphatic rings. The Labute approximate surface area is 218 Å². The zero-order valence-corrected chi connectivity index (χ0v) is 21.3. The van der Waals surface area contributed by atoms with Crippen LogP contribution in [0.2, 0.25) is 10.0 Å². The van der Waals surface area contributed by atoms with Crippen LogP contribution in [0.25, 0.3) is 0 Å². The summed E-state index contributed by atoms with van der Waals surface area (Å²) >= 11 is 13.7. The number of rotatable bonds is 5. The maximum Gasteiger partial charge on any atom is 0.269 e. The van der Waals surface area contributed by atoms with Crippen molar-refractivity contribution < 1.29 is 9.59 Å². The van der Waals surface area contributed by atoms with Gasteiger partial charge in [-0.25, -0.2) is 0 Å². The molecule has 0 radical (unpaired) electrons. The van der Waals surface area contributed by atoms with Crippen LogP contribution in [0.15, 0.2) is 77.3 Å². The molecule has 0 bridgehead atoms. The zero-order valence-electron chi connectivity index (χ0n) is 19.0. The highest BCUT2D eigenvalue weighted by Crippen LogP contribution is 2.42. The van der Waals surface area contributed by atoms with Crippen molar-refractivity contribution in [2.24, 2.45) is 0 Å². The van der Waals surface area contributed by atoms with Crippen molar-refractivity contribution >= 4 is 58.2 Å². The summed E-state index contributed by atoms with van der Waals surface area (Å²) in [5.74, 6) is -0.811. The maximum atomic E-state index is 13.5. The zero-order chi connectivity index (χ0) is 25.1. The highest BCUT2D eigenvalue weighted by atomic mass is 35.5. The molecule has 1 atom stereocenters. The number of benzene rings is 3. The van der Waals surface area contributed by atoms with Crippen LogP contribution in [-0.4, -0.2) is 17.1 Å². The van der Waals surface area contributed by atoms with Gasteiger partial charge in [-0.2, -0.15) is 5.26 Å². The van der Waals surface area contributed by atoms with Crippen LogP contribution in [0, 0.1) is 25.2 Å². The SMILES string of the molecule is Cc1ccc(C[C@@H]2S/C(=C(/C#N)C(=O)Nc3ccc(C)c(Cl)c3)N(c3ccccc3)C2=O)cc1Cl. The van der Waals surface area contributed by atoms with Gasteiger partial charge in [-0.1, -0.05) is 71.4 Å². The van der Waals surface area contributed by atoms with Gasteiger partial charge in [0.05, 0.1) is 5.25 Å². The van der Waals surface area contributed by atoms with Crippen molar-refractivity contribution in [3.8, 4) is 6.07 Å². The molecule has 176 valence electrons. The van der Waals surface area contributed by atoms with E-state index in [4.69, 9.17) is 23.2 Å². The monoisotopic (exact) mass is 521 g/mol. The van der Waals surface area contributed by atoms with Crippen LogP contribution >= 0.6 is 35.0 Å². The normalized spacial score (nSPS) is 16.7. The van der Waals surface area contributed by atoms with Gasteiger partial charge < -0.3 is 5.32 Å². The highest BCUT2D eigenvalue weighted by Gasteiger charge is 2.40. The van der Waals surface area contributed by atoms with Crippen molar-refractivity contribution in [3.63, 3.8) is 0 Å². The average Bonchev–Trinajstić information content (AvgIpc) is 3.15. The standard InChI is InChI=1S/C27H21Cl2N3O2S/c1-16-8-10-18(12-22(16)28)13-24-26(34)32(20-6-4-3-5-7-20)27(35-24)21(15-30)25(33)31-19-11-9-17(2)23(29)14-19/h3-12,14,24H,13H2,1-2H3,(H,31,33)/b27-21-/t24-/m0/s1. The summed E-state index contributed by atoms with van der Waals surface area (Å²) in [4.78, 5) is 28.1. The maximum absolute atomic E-state index is 13.5. The fraction of sp³-hybridized carbons (Fsp3) is 0.148. The lowest BCUT2D eigenvalue weighted by atomic mass is 10.1. The topological polar surface area (TPSA) is 73.2 Å². The second kappa shape index (κ2) is 10.6. The summed E-state index contributed by atoms with van der Waals surface area (Å²) < 4.78 is 0. The molecule has 1 aliphatic heterocycles. The highest BCUT2D eigenvalue weighted by molar-refractivity contribution is 8.05. The van der Waals surface area contributed by atoms with E-state index in [2.05, 4.69) is 5.32 Å². The third-order valence-electron chi connectivity index (χ3n) is 5.61. The molecule has 1 heterocycles. The first-order chi connectivity index (χ1) is 16.8. The third kappa shape index (κ3) is 5.38. The lowest BCUT2D eigenvalue weighted by molar-refractivity contribution is -0.117. The molecule has 5 nitrogen and oxygen atoms in total. The van der Waals surface area contributed by atoms with Gasteiger partial charge in [0.1, 0.15) is 16.7 Å². The lowest BCUT2D eigenvalue weighted by Crippen LogP contribution is -2.30. The summed E-state index contributed by atoms with van der Waals surface area (Å²) in [6, 6.07) is 21.8. The minimum atomic E-state index is -0.609. The van der Waals surface area contributed by atoms with E-state index < -0.39 is 11.2 Å². The Hall–Kier alpha value is -3.24. The summed E-state index contributed by atoms with van der Waals surface area (Å²) in [5, 5.41) is 13.6. The third-order valence-corrected chi connectivity index (χ3v) is 7.68. The lowest BCUT2D eigenvalue weighted by Gasteiger charge is -2.18. The number of carbonyl (C=O) groups is 2. The minimum Gasteiger partial charge on any atom is -0.321 e. The van der Waals surface area contributed by atoms with Crippen molar-refractivity contribution in [2.45, 2.75) is 25.5 Å². The molecule has 3 aromatic rings. The van der Waals surface area contributed by atoms with Crippen LogP contribution in [-0.2, 0) is 16.0 Å². The summed E-state index contributed by atoms with van der Waals surface area (Å²) in [7, 11) is 0. The largest absolute Gasteiger partial charge is 0.321 e. The number of anilines is 2. The number of nitrogens with one attached hydrogen (secondary N) is 1. The predicted octanol–water partition coefficient (Wildman–Crippen LogP) is 6.68. The molecular weight excluding hydrogens is 501 g/mol. The first kappa shape index (κ1) is 24.9. The molecule has 1 fully saturated rings. The Morgan fingerprint density at radius 3 is 2.31 bits per heavy atom. The second-order valence-corrected chi connectivity index (χ2v) is 10.1. The number of thioether (sulfide) groups is 1. The van der Waals surface area contributed by atoms with Gasteiger partial charge in [0.2, 0.25) is 5.91 Å². The van der Waals surface area contributed by atoms with Crippen molar-refractivity contribution in [1.82, 2.24) is 0 Å². The van der Waals surface area contributed by atoms with E-state index in [1.165, 1.54) is 16.7 Å². The van der Waals surface area contributed by atoms with Crippen LogP contribution in [0.4, 0.5) is 11.4 Å². The quantitative estimate of drug-likeness (QED) is 0.300. The van der Waals surface area contributed by atoms with E-state index >= 15 is 0 Å². The van der Waals surface area contributed by atoms with Gasteiger partial charge in [0, 0.05) is 21.4 Å². The molecule has 0 aromatic heterocycles. The smallest absolute Gasteiger partial charge is 0.269 e. The number of hydrogen-bond donors (Lipinski definition) is 1. The van der Waals surface area contributed by atoms with Gasteiger partial charge in [0.15, 0.2) is 0 Å². The van der Waals surface area contributed by atoms with Gasteiger partial charge in [0.25, 0.3) is 5.91 Å². The van der Waals surface area contributed by atoms with Crippen LogP contribution < -0.4 is 10.2 Å². The van der Waals surface area contributed by atoms with Crippen LogP contribution in [0.3, 0.4) is 0 Å². The van der Waals surface area contributed by atoms with Crippen molar-refractivity contribution in [3.05, 3.63) is 104 Å². The fourth-order valence-electron chi connectivity index (χ4n) is 3.64. The molecular formula is C27H21Cl2N3O2S. The Bertz CT molecular complexity index is 1380. The number of halogens is 2. The molecule has 2 amide bonds. The van der Waals surface area contributed by atoms with E-state index in [0.29, 0.717) is 32.9 Å². The second-order valence-electron chi connectivity index (χ2n) is 8.11. The summed E-state index contributed by atoms with van der Waals surface area (Å²) in [6.45, 7) is 3.77. The summed E-state index contributed by atoms with van der Waals surface area (Å²) in [6.07, 6.45) is 0.407. The molecule has 35 heavy (non-hydrogen) atoms. The Kier molecular flexibility index (Phi) is 7.51. The minimum absolute atomic E-state index is 0.145. The number of carbonyl (C=O) groups excluding carboxylic acids is 2. The number of nitrogens with zero attached hydrogens (tertiary/aromatic N) is 2. The first-order valence-electron chi connectivity index (χ1n) is 10.8. The molecule has 0 unspecified atom stereocenters. The van der Waals surface area contributed by atoms with Gasteiger partial charge in [-0.3, -0.25) is 14.5 Å². The number of nitriles is 1. The van der Waals surface area contributed by atoms with E-state index in [9.17, 15) is 14.9 Å². The van der Waals surface area contributed by atoms with E-state index in [-0.39, 0.29) is 11.5 Å². The van der Waals surface area contributed by atoms with E-state index in [1.807, 2.05) is 44.2 Å². The number of hydrogen-bond acceptors (Lipinski definition) is 4. The Morgan fingerprint density at radius 2 is 1.69 bits per heavy atom. The summed E-state index contributed by atoms with van der Waals surface area (Å²) in [5.41, 5.74) is 3.63. The molecule has 1 saturated heterocycles. The molecule has 0 saturated carbocycles. The number of para-hydroxylation sites is 1. The molecule has 0 spiro atoms. The molecule has 1 N–H and O–H groups in total.